The monoisotopic (exact) mass is 372 g/mol. The molecule has 28 heavy (non-hydrogen) atoms. The van der Waals surface area contributed by atoms with Gasteiger partial charge >= 0.3 is 0 Å². The first-order valence-electron chi connectivity index (χ1n) is 9.88. The molecule has 3 heteroatoms. The average molecular weight is 372 g/mol. The molecule has 0 unspecified atom stereocenters. The number of benzene rings is 2. The molecule has 142 valence electrons. The van der Waals surface area contributed by atoms with Crippen molar-refractivity contribution in [2.24, 2.45) is 12.5 Å². The summed E-state index contributed by atoms with van der Waals surface area (Å²) in [5.74, 6) is 1.81. The van der Waals surface area contributed by atoms with Crippen LogP contribution in [0.4, 0.5) is 0 Å². The van der Waals surface area contributed by atoms with Gasteiger partial charge in [0.05, 0.1) is 11.8 Å². The minimum absolute atomic E-state index is 0.225. The topological polar surface area (TPSA) is 26.2 Å². The lowest BCUT2D eigenvalue weighted by atomic mass is 9.85. The summed E-state index contributed by atoms with van der Waals surface area (Å²) in [6, 6.07) is 10.9. The highest BCUT2D eigenvalue weighted by atomic mass is 16.5. The van der Waals surface area contributed by atoms with Crippen LogP contribution in [0.15, 0.2) is 41.0 Å². The van der Waals surface area contributed by atoms with Gasteiger partial charge in [-0.25, -0.2) is 0 Å². The molecule has 3 nitrogen and oxygen atoms in total. The SMILES string of the molecule is Cc1cc2cc(CC(C)(C)C)cc3c2c(c1C)-c1c(cc2occc2[n+]1C)O3. The molecule has 2 aromatic carbocycles. The summed E-state index contributed by atoms with van der Waals surface area (Å²) in [7, 11) is 2.09. The van der Waals surface area contributed by atoms with Crippen LogP contribution in [0.1, 0.15) is 37.5 Å². The molecule has 2 aromatic heterocycles. The fourth-order valence-corrected chi connectivity index (χ4v) is 4.55. The lowest BCUT2D eigenvalue weighted by Gasteiger charge is -2.24. The Labute approximate surface area is 165 Å². The molecule has 1 aliphatic rings. The third-order valence-corrected chi connectivity index (χ3v) is 5.84. The summed E-state index contributed by atoms with van der Waals surface area (Å²) >= 11 is 0. The number of furan rings is 1. The molecule has 5 rings (SSSR count). The third-order valence-electron chi connectivity index (χ3n) is 5.84. The van der Waals surface area contributed by atoms with E-state index in [0.29, 0.717) is 0 Å². The van der Waals surface area contributed by atoms with Crippen molar-refractivity contribution in [3.8, 4) is 22.8 Å². The predicted octanol–water partition coefficient (Wildman–Crippen LogP) is 6.39. The van der Waals surface area contributed by atoms with Crippen LogP contribution in [0.3, 0.4) is 0 Å². The Balaban J connectivity index is 1.88. The van der Waals surface area contributed by atoms with Gasteiger partial charge in [-0.1, -0.05) is 32.9 Å². The summed E-state index contributed by atoms with van der Waals surface area (Å²) in [6.45, 7) is 11.2. The van der Waals surface area contributed by atoms with E-state index in [1.807, 2.05) is 12.1 Å². The van der Waals surface area contributed by atoms with Crippen molar-refractivity contribution in [2.75, 3.05) is 0 Å². The largest absolute Gasteiger partial charge is 0.458 e. The molecule has 0 spiro atoms. The van der Waals surface area contributed by atoms with Crippen molar-refractivity contribution in [1.82, 2.24) is 0 Å². The van der Waals surface area contributed by atoms with Crippen molar-refractivity contribution >= 4 is 21.9 Å². The van der Waals surface area contributed by atoms with Crippen molar-refractivity contribution < 1.29 is 13.7 Å². The van der Waals surface area contributed by atoms with Gasteiger partial charge in [-0.2, -0.15) is 4.57 Å². The van der Waals surface area contributed by atoms with Gasteiger partial charge < -0.3 is 9.15 Å². The number of hydrogen-bond acceptors (Lipinski definition) is 2. The molecule has 0 fully saturated rings. The first-order chi connectivity index (χ1) is 13.2. The Morgan fingerprint density at radius 2 is 1.79 bits per heavy atom. The maximum absolute atomic E-state index is 6.48. The van der Waals surface area contributed by atoms with Crippen molar-refractivity contribution in [2.45, 2.75) is 41.0 Å². The molecule has 0 saturated heterocycles. The van der Waals surface area contributed by atoms with Crippen LogP contribution in [0.5, 0.6) is 11.5 Å². The number of fused-ring (bicyclic) bond motifs is 3. The van der Waals surface area contributed by atoms with E-state index < -0.39 is 0 Å². The van der Waals surface area contributed by atoms with Gasteiger partial charge in [0.2, 0.25) is 11.3 Å². The average Bonchev–Trinajstić information content (AvgIpc) is 3.05. The van der Waals surface area contributed by atoms with Crippen LogP contribution in [0.2, 0.25) is 0 Å². The fraction of sp³-hybridized carbons (Fsp3) is 0.320. The maximum Gasteiger partial charge on any atom is 0.257 e. The van der Waals surface area contributed by atoms with Crippen LogP contribution in [-0.2, 0) is 13.5 Å². The number of aromatic nitrogens is 1. The highest BCUT2D eigenvalue weighted by Crippen LogP contribution is 2.48. The lowest BCUT2D eigenvalue weighted by molar-refractivity contribution is -0.633. The smallest absolute Gasteiger partial charge is 0.257 e. The van der Waals surface area contributed by atoms with E-state index >= 15 is 0 Å². The number of rotatable bonds is 1. The van der Waals surface area contributed by atoms with Crippen LogP contribution in [-0.4, -0.2) is 0 Å². The number of aryl methyl sites for hydroxylation is 2. The molecule has 0 saturated carbocycles. The second-order valence-electron chi connectivity index (χ2n) is 9.31. The molecular weight excluding hydrogens is 346 g/mol. The number of hydrogen-bond donors (Lipinski definition) is 0. The minimum atomic E-state index is 0.225. The van der Waals surface area contributed by atoms with Crippen LogP contribution in [0, 0.1) is 19.3 Å². The van der Waals surface area contributed by atoms with E-state index in [4.69, 9.17) is 9.15 Å². The van der Waals surface area contributed by atoms with Gasteiger partial charge in [0.25, 0.3) is 11.2 Å². The molecular formula is C25H26NO2+. The Kier molecular flexibility index (Phi) is 3.46. The molecule has 1 aliphatic heterocycles. The van der Waals surface area contributed by atoms with Gasteiger partial charge in [-0.05, 0) is 53.8 Å². The van der Waals surface area contributed by atoms with Gasteiger partial charge in [0, 0.05) is 17.5 Å². The normalized spacial score (nSPS) is 13.1. The van der Waals surface area contributed by atoms with Crippen molar-refractivity contribution in [1.29, 1.82) is 0 Å². The molecule has 0 atom stereocenters. The van der Waals surface area contributed by atoms with E-state index in [9.17, 15) is 0 Å². The predicted molar refractivity (Wildman–Crippen MR) is 113 cm³/mol. The standard InChI is InChI=1S/C25H26NO2/c1-14-9-17-10-16(13-25(3,4)5)11-20-23(17)22(15(14)2)24-21(28-20)12-19-18(26(24)6)7-8-27-19/h7-12H,13H2,1-6H3/q+1. The summed E-state index contributed by atoms with van der Waals surface area (Å²) in [5.41, 5.74) is 8.47. The summed E-state index contributed by atoms with van der Waals surface area (Å²) in [6.07, 6.45) is 2.75. The lowest BCUT2D eigenvalue weighted by Crippen LogP contribution is -2.33. The first kappa shape index (κ1) is 17.3. The van der Waals surface area contributed by atoms with E-state index in [0.717, 1.165) is 34.7 Å². The fourth-order valence-electron chi connectivity index (χ4n) is 4.55. The Morgan fingerprint density at radius 3 is 2.54 bits per heavy atom. The van der Waals surface area contributed by atoms with Gasteiger partial charge in [-0.15, -0.1) is 0 Å². The second kappa shape index (κ2) is 5.60. The second-order valence-corrected chi connectivity index (χ2v) is 9.31. The van der Waals surface area contributed by atoms with Crippen molar-refractivity contribution in [3.05, 3.63) is 53.3 Å². The van der Waals surface area contributed by atoms with E-state index in [1.165, 1.54) is 33.0 Å². The first-order valence-corrected chi connectivity index (χ1v) is 9.88. The maximum atomic E-state index is 6.48. The highest BCUT2D eigenvalue weighted by Gasteiger charge is 2.32. The molecule has 4 aromatic rings. The summed E-state index contributed by atoms with van der Waals surface area (Å²) in [5, 5.41) is 2.47. The number of ether oxygens (including phenoxy) is 1. The van der Waals surface area contributed by atoms with E-state index in [2.05, 4.69) is 64.4 Å². The number of pyridine rings is 1. The molecule has 0 bridgehead atoms. The summed E-state index contributed by atoms with van der Waals surface area (Å²) < 4.78 is 14.3. The van der Waals surface area contributed by atoms with Crippen LogP contribution in [0.25, 0.3) is 33.1 Å². The summed E-state index contributed by atoms with van der Waals surface area (Å²) in [4.78, 5) is 0. The zero-order valence-electron chi connectivity index (χ0n) is 17.4. The van der Waals surface area contributed by atoms with Gasteiger partial charge in [-0.3, -0.25) is 0 Å². The molecule has 3 heterocycles. The van der Waals surface area contributed by atoms with Gasteiger partial charge in [0.1, 0.15) is 12.8 Å². The van der Waals surface area contributed by atoms with Crippen molar-refractivity contribution in [3.63, 3.8) is 0 Å². The molecule has 0 aliphatic carbocycles. The zero-order valence-corrected chi connectivity index (χ0v) is 17.4. The quantitative estimate of drug-likeness (QED) is 0.319. The van der Waals surface area contributed by atoms with E-state index in [-0.39, 0.29) is 5.41 Å². The third kappa shape index (κ3) is 2.46. The molecule has 0 amide bonds. The molecule has 0 radical (unpaired) electrons. The van der Waals surface area contributed by atoms with Gasteiger partial charge in [0.15, 0.2) is 0 Å². The molecule has 0 N–H and O–H groups in total. The van der Waals surface area contributed by atoms with E-state index in [1.54, 1.807) is 6.26 Å². The Bertz CT molecular complexity index is 1270. The Hall–Kier alpha value is -2.81. The highest BCUT2D eigenvalue weighted by molar-refractivity contribution is 6.05. The Morgan fingerprint density at radius 1 is 1.00 bits per heavy atom. The van der Waals surface area contributed by atoms with Crippen LogP contribution >= 0.6 is 0 Å². The number of nitrogens with zero attached hydrogens (tertiary/aromatic N) is 1. The zero-order chi connectivity index (χ0) is 19.8. The van der Waals surface area contributed by atoms with Crippen LogP contribution < -0.4 is 9.30 Å². The minimum Gasteiger partial charge on any atom is -0.458 e.